The molecule has 29 heavy (non-hydrogen) atoms. The number of carbonyl (C=O) groups excluding carboxylic acids is 1. The molecule has 3 aromatic rings. The minimum atomic E-state index is -3.25. The van der Waals surface area contributed by atoms with Crippen LogP contribution in [0.25, 0.3) is 11.0 Å². The van der Waals surface area contributed by atoms with Crippen LogP contribution in [0.1, 0.15) is 31.9 Å². The number of imidazole rings is 1. The van der Waals surface area contributed by atoms with Crippen LogP contribution < -0.4 is 11.0 Å². The lowest BCUT2D eigenvalue weighted by molar-refractivity contribution is -0.121. The van der Waals surface area contributed by atoms with Crippen molar-refractivity contribution >= 4 is 26.8 Å². The van der Waals surface area contributed by atoms with Gasteiger partial charge in [0.25, 0.3) is 0 Å². The number of benzene rings is 2. The van der Waals surface area contributed by atoms with E-state index >= 15 is 0 Å². The number of rotatable bonds is 7. The first-order chi connectivity index (χ1) is 13.7. The average molecular weight is 416 g/mol. The zero-order valence-corrected chi connectivity index (χ0v) is 17.6. The summed E-state index contributed by atoms with van der Waals surface area (Å²) >= 11 is 0. The van der Waals surface area contributed by atoms with Crippen molar-refractivity contribution in [2.75, 3.05) is 6.26 Å². The first-order valence-electron chi connectivity index (χ1n) is 9.49. The van der Waals surface area contributed by atoms with E-state index in [0.717, 1.165) is 22.9 Å². The highest BCUT2D eigenvalue weighted by molar-refractivity contribution is 7.90. The highest BCUT2D eigenvalue weighted by atomic mass is 32.2. The number of amides is 1. The SMILES string of the molecule is CCn1c(=O)n(CCC(=O)N[C@@H](C)c2ccc(S(C)(=O)=O)cc2)c2ccccc21. The fourth-order valence-electron chi connectivity index (χ4n) is 3.41. The van der Waals surface area contributed by atoms with Gasteiger partial charge in [0.1, 0.15) is 0 Å². The monoisotopic (exact) mass is 415 g/mol. The molecule has 1 amide bonds. The summed E-state index contributed by atoms with van der Waals surface area (Å²) in [6, 6.07) is 13.7. The number of sulfone groups is 1. The van der Waals surface area contributed by atoms with Crippen molar-refractivity contribution in [2.45, 2.75) is 44.3 Å². The lowest BCUT2D eigenvalue weighted by Crippen LogP contribution is -2.30. The van der Waals surface area contributed by atoms with Crippen LogP contribution in [0.3, 0.4) is 0 Å². The standard InChI is InChI=1S/C21H25N3O4S/c1-4-23-18-7-5-6-8-19(18)24(21(23)26)14-13-20(25)22-15(2)16-9-11-17(12-10-16)29(3,27)28/h5-12,15H,4,13-14H2,1-3H3,(H,22,25)/t15-/m0/s1. The van der Waals surface area contributed by atoms with Gasteiger partial charge in [-0.3, -0.25) is 13.9 Å². The Kier molecular flexibility index (Phi) is 5.93. The molecule has 1 atom stereocenters. The molecule has 7 nitrogen and oxygen atoms in total. The van der Waals surface area contributed by atoms with Gasteiger partial charge in [0.2, 0.25) is 5.91 Å². The Labute approximate surface area is 169 Å². The summed E-state index contributed by atoms with van der Waals surface area (Å²) in [6.07, 6.45) is 1.33. The van der Waals surface area contributed by atoms with Crippen LogP contribution in [-0.2, 0) is 27.7 Å². The fraction of sp³-hybridized carbons (Fsp3) is 0.333. The van der Waals surface area contributed by atoms with E-state index in [9.17, 15) is 18.0 Å². The maximum absolute atomic E-state index is 12.6. The van der Waals surface area contributed by atoms with E-state index < -0.39 is 9.84 Å². The molecule has 154 valence electrons. The largest absolute Gasteiger partial charge is 0.350 e. The van der Waals surface area contributed by atoms with Gasteiger partial charge in [0, 0.05) is 25.8 Å². The second-order valence-electron chi connectivity index (χ2n) is 7.05. The van der Waals surface area contributed by atoms with Crippen molar-refractivity contribution in [3.8, 4) is 0 Å². The first kappa shape index (κ1) is 20.9. The summed E-state index contributed by atoms with van der Waals surface area (Å²) in [5.41, 5.74) is 2.37. The Morgan fingerprint density at radius 1 is 1.03 bits per heavy atom. The van der Waals surface area contributed by atoms with Gasteiger partial charge >= 0.3 is 5.69 Å². The Bertz CT molecular complexity index is 1190. The van der Waals surface area contributed by atoms with Gasteiger partial charge in [0.15, 0.2) is 9.84 Å². The number of aromatic nitrogens is 2. The molecule has 2 aromatic carbocycles. The average Bonchev–Trinajstić information content (AvgIpc) is 2.96. The molecule has 0 saturated heterocycles. The van der Waals surface area contributed by atoms with Gasteiger partial charge in [-0.15, -0.1) is 0 Å². The second kappa shape index (κ2) is 8.24. The van der Waals surface area contributed by atoms with Crippen LogP contribution in [0.2, 0.25) is 0 Å². The summed E-state index contributed by atoms with van der Waals surface area (Å²) in [7, 11) is -3.25. The Hall–Kier alpha value is -2.87. The third-order valence-electron chi connectivity index (χ3n) is 4.99. The van der Waals surface area contributed by atoms with Gasteiger partial charge in [-0.05, 0) is 43.7 Å². The summed E-state index contributed by atoms with van der Waals surface area (Å²) in [6.45, 7) is 4.61. The van der Waals surface area contributed by atoms with Crippen LogP contribution in [0.4, 0.5) is 0 Å². The fourth-order valence-corrected chi connectivity index (χ4v) is 4.04. The number of hydrogen-bond acceptors (Lipinski definition) is 4. The summed E-state index contributed by atoms with van der Waals surface area (Å²) in [5.74, 6) is -0.176. The summed E-state index contributed by atoms with van der Waals surface area (Å²) in [4.78, 5) is 25.3. The van der Waals surface area contributed by atoms with Crippen molar-refractivity contribution in [1.29, 1.82) is 0 Å². The molecule has 0 unspecified atom stereocenters. The number of carbonyl (C=O) groups is 1. The van der Waals surface area contributed by atoms with E-state index in [4.69, 9.17) is 0 Å². The third-order valence-corrected chi connectivity index (χ3v) is 6.12. The molecule has 1 aromatic heterocycles. The minimum absolute atomic E-state index is 0.120. The lowest BCUT2D eigenvalue weighted by atomic mass is 10.1. The molecule has 0 aliphatic rings. The second-order valence-corrected chi connectivity index (χ2v) is 9.06. The van der Waals surface area contributed by atoms with Gasteiger partial charge in [-0.2, -0.15) is 0 Å². The molecule has 0 radical (unpaired) electrons. The molecule has 0 bridgehead atoms. The first-order valence-corrected chi connectivity index (χ1v) is 11.4. The van der Waals surface area contributed by atoms with Crippen LogP contribution >= 0.6 is 0 Å². The van der Waals surface area contributed by atoms with Crippen molar-refractivity contribution in [2.24, 2.45) is 0 Å². The van der Waals surface area contributed by atoms with Crippen LogP contribution in [0, 0.1) is 0 Å². The maximum Gasteiger partial charge on any atom is 0.329 e. The molecule has 0 aliphatic carbocycles. The predicted molar refractivity (Wildman–Crippen MR) is 113 cm³/mol. The minimum Gasteiger partial charge on any atom is -0.350 e. The quantitative estimate of drug-likeness (QED) is 0.642. The molecule has 0 aliphatic heterocycles. The molecule has 1 N–H and O–H groups in total. The van der Waals surface area contributed by atoms with Gasteiger partial charge < -0.3 is 5.32 Å². The lowest BCUT2D eigenvalue weighted by Gasteiger charge is -2.15. The Morgan fingerprint density at radius 2 is 1.62 bits per heavy atom. The van der Waals surface area contributed by atoms with E-state index in [2.05, 4.69) is 5.32 Å². The predicted octanol–water partition coefficient (Wildman–Crippen LogP) is 2.49. The molecule has 0 saturated carbocycles. The van der Waals surface area contributed by atoms with Crippen molar-refractivity contribution < 1.29 is 13.2 Å². The van der Waals surface area contributed by atoms with E-state index in [1.807, 2.05) is 38.1 Å². The van der Waals surface area contributed by atoms with Crippen molar-refractivity contribution in [3.63, 3.8) is 0 Å². The number of nitrogens with zero attached hydrogens (tertiary/aromatic N) is 2. The van der Waals surface area contributed by atoms with Crippen molar-refractivity contribution in [1.82, 2.24) is 14.5 Å². The Morgan fingerprint density at radius 3 is 2.17 bits per heavy atom. The number of para-hydroxylation sites is 2. The molecule has 8 heteroatoms. The van der Waals surface area contributed by atoms with Gasteiger partial charge in [-0.25, -0.2) is 13.2 Å². The molecule has 3 rings (SSSR count). The summed E-state index contributed by atoms with van der Waals surface area (Å²) < 4.78 is 26.4. The number of nitrogens with one attached hydrogen (secondary N) is 1. The topological polar surface area (TPSA) is 90.2 Å². The van der Waals surface area contributed by atoms with E-state index in [-0.39, 0.29) is 35.5 Å². The number of aryl methyl sites for hydroxylation is 2. The highest BCUT2D eigenvalue weighted by Gasteiger charge is 2.15. The van der Waals surface area contributed by atoms with Crippen LogP contribution in [0.15, 0.2) is 58.2 Å². The van der Waals surface area contributed by atoms with E-state index in [1.165, 1.54) is 12.1 Å². The normalized spacial score (nSPS) is 12.8. The highest BCUT2D eigenvalue weighted by Crippen LogP contribution is 2.17. The molecular formula is C21H25N3O4S. The third kappa shape index (κ3) is 4.42. The zero-order chi connectivity index (χ0) is 21.2. The van der Waals surface area contributed by atoms with Gasteiger partial charge in [-0.1, -0.05) is 24.3 Å². The van der Waals surface area contributed by atoms with Gasteiger partial charge in [0.05, 0.1) is 22.0 Å². The van der Waals surface area contributed by atoms with Crippen molar-refractivity contribution in [3.05, 3.63) is 64.6 Å². The van der Waals surface area contributed by atoms with E-state index in [1.54, 1.807) is 21.3 Å². The zero-order valence-electron chi connectivity index (χ0n) is 16.8. The summed E-state index contributed by atoms with van der Waals surface area (Å²) in [5, 5.41) is 2.90. The number of hydrogen-bond donors (Lipinski definition) is 1. The molecule has 0 spiro atoms. The molecular weight excluding hydrogens is 390 g/mol. The molecule has 0 fully saturated rings. The maximum atomic E-state index is 12.6. The van der Waals surface area contributed by atoms with Crippen LogP contribution in [0.5, 0.6) is 0 Å². The number of fused-ring (bicyclic) bond motifs is 1. The van der Waals surface area contributed by atoms with E-state index in [0.29, 0.717) is 6.54 Å². The van der Waals surface area contributed by atoms with Crippen LogP contribution in [-0.4, -0.2) is 29.7 Å². The Balaban J connectivity index is 1.68. The molecule has 1 heterocycles. The smallest absolute Gasteiger partial charge is 0.329 e.